The quantitative estimate of drug-likeness (QED) is 0.680. The number of rotatable bonds is 9. The molecule has 2 N–H and O–H groups in total. The Bertz CT molecular complexity index is 521. The van der Waals surface area contributed by atoms with Gasteiger partial charge in [-0.2, -0.15) is 0 Å². The maximum Gasteiger partial charge on any atom is 0.341 e. The van der Waals surface area contributed by atoms with E-state index in [1.165, 1.54) is 12.1 Å². The molecule has 1 aromatic carbocycles. The van der Waals surface area contributed by atoms with Gasteiger partial charge in [0.2, 0.25) is 0 Å². The van der Waals surface area contributed by atoms with Crippen molar-refractivity contribution in [3.63, 3.8) is 0 Å². The molecular formula is C15H20ClNO5. The van der Waals surface area contributed by atoms with Crippen LogP contribution in [0.25, 0.3) is 0 Å². The molecule has 0 spiro atoms. The third kappa shape index (κ3) is 6.32. The summed E-state index contributed by atoms with van der Waals surface area (Å²) in [5.41, 5.74) is 0.489. The fraction of sp³-hybridized carbons (Fsp3) is 0.467. The summed E-state index contributed by atoms with van der Waals surface area (Å²) in [5.74, 6) is -1.12. The van der Waals surface area contributed by atoms with Crippen molar-refractivity contribution in [1.82, 2.24) is 0 Å². The molecular weight excluding hydrogens is 310 g/mol. The summed E-state index contributed by atoms with van der Waals surface area (Å²) in [6, 6.07) is 4.58. The number of carbonyl (C=O) groups excluding carboxylic acids is 1. The SMILES string of the molecule is CCCCOC(C)C(=O)Nc1ccc(OCC(=O)O)c(Cl)c1. The lowest BCUT2D eigenvalue weighted by Crippen LogP contribution is -2.28. The van der Waals surface area contributed by atoms with Gasteiger partial charge in [0.15, 0.2) is 6.61 Å². The molecule has 0 aliphatic carbocycles. The van der Waals surface area contributed by atoms with Crippen LogP contribution >= 0.6 is 11.6 Å². The molecule has 122 valence electrons. The summed E-state index contributed by atoms with van der Waals surface area (Å²) in [6.07, 6.45) is 1.34. The van der Waals surface area contributed by atoms with Crippen LogP contribution in [0.4, 0.5) is 5.69 Å². The van der Waals surface area contributed by atoms with Crippen molar-refractivity contribution in [3.8, 4) is 5.75 Å². The molecule has 7 heteroatoms. The van der Waals surface area contributed by atoms with Gasteiger partial charge in [0.05, 0.1) is 5.02 Å². The van der Waals surface area contributed by atoms with E-state index in [1.807, 2.05) is 6.92 Å². The Kier molecular flexibility index (Phi) is 7.70. The Hall–Kier alpha value is -1.79. The second-order valence-electron chi connectivity index (χ2n) is 4.68. The lowest BCUT2D eigenvalue weighted by Gasteiger charge is -2.14. The molecule has 0 aliphatic rings. The second kappa shape index (κ2) is 9.27. The predicted octanol–water partition coefficient (Wildman–Crippen LogP) is 2.95. The zero-order valence-corrected chi connectivity index (χ0v) is 13.4. The summed E-state index contributed by atoms with van der Waals surface area (Å²) >= 11 is 5.98. The first-order chi connectivity index (χ1) is 10.4. The number of amides is 1. The van der Waals surface area contributed by atoms with Crippen molar-refractivity contribution >= 4 is 29.2 Å². The molecule has 0 bridgehead atoms. The highest BCUT2D eigenvalue weighted by atomic mass is 35.5. The first kappa shape index (κ1) is 18.3. The van der Waals surface area contributed by atoms with Gasteiger partial charge in [0.1, 0.15) is 11.9 Å². The van der Waals surface area contributed by atoms with E-state index in [0.29, 0.717) is 12.3 Å². The Morgan fingerprint density at radius 1 is 1.41 bits per heavy atom. The number of carbonyl (C=O) groups is 2. The van der Waals surface area contributed by atoms with Gasteiger partial charge < -0.3 is 19.9 Å². The van der Waals surface area contributed by atoms with Crippen LogP contribution in [0.15, 0.2) is 18.2 Å². The first-order valence-corrected chi connectivity index (χ1v) is 7.38. The number of anilines is 1. The normalized spacial score (nSPS) is 11.8. The summed E-state index contributed by atoms with van der Waals surface area (Å²) in [5, 5.41) is 11.5. The van der Waals surface area contributed by atoms with Crippen LogP contribution in [0.1, 0.15) is 26.7 Å². The number of unbranched alkanes of at least 4 members (excludes halogenated alkanes) is 1. The van der Waals surface area contributed by atoms with E-state index in [1.54, 1.807) is 13.0 Å². The minimum absolute atomic E-state index is 0.221. The number of carboxylic acid groups (broad SMARTS) is 1. The molecule has 1 amide bonds. The summed E-state index contributed by atoms with van der Waals surface area (Å²) in [4.78, 5) is 22.4. The average Bonchev–Trinajstić information content (AvgIpc) is 2.46. The minimum Gasteiger partial charge on any atom is -0.480 e. The molecule has 0 fully saturated rings. The van der Waals surface area contributed by atoms with Crippen molar-refractivity contribution < 1.29 is 24.2 Å². The van der Waals surface area contributed by atoms with E-state index < -0.39 is 18.7 Å². The van der Waals surface area contributed by atoms with Gasteiger partial charge >= 0.3 is 5.97 Å². The third-order valence-corrected chi connectivity index (χ3v) is 3.08. The van der Waals surface area contributed by atoms with Crippen LogP contribution in [0, 0.1) is 0 Å². The average molecular weight is 330 g/mol. The van der Waals surface area contributed by atoms with Gasteiger partial charge in [-0.1, -0.05) is 24.9 Å². The summed E-state index contributed by atoms with van der Waals surface area (Å²) < 4.78 is 10.4. The monoisotopic (exact) mass is 329 g/mol. The van der Waals surface area contributed by atoms with E-state index in [4.69, 9.17) is 26.2 Å². The molecule has 1 rings (SSSR count). The number of carboxylic acids is 1. The van der Waals surface area contributed by atoms with Gasteiger partial charge in [0, 0.05) is 12.3 Å². The number of halogens is 1. The van der Waals surface area contributed by atoms with Crippen LogP contribution in [-0.2, 0) is 14.3 Å². The van der Waals surface area contributed by atoms with Crippen LogP contribution in [0.5, 0.6) is 5.75 Å². The van der Waals surface area contributed by atoms with E-state index in [0.717, 1.165) is 12.8 Å². The molecule has 0 aliphatic heterocycles. The van der Waals surface area contributed by atoms with Crippen molar-refractivity contribution in [1.29, 1.82) is 0 Å². The smallest absolute Gasteiger partial charge is 0.341 e. The lowest BCUT2D eigenvalue weighted by molar-refractivity contribution is -0.139. The number of aliphatic carboxylic acids is 1. The molecule has 22 heavy (non-hydrogen) atoms. The van der Waals surface area contributed by atoms with Crippen LogP contribution in [0.2, 0.25) is 5.02 Å². The zero-order valence-electron chi connectivity index (χ0n) is 12.6. The van der Waals surface area contributed by atoms with E-state index in [-0.39, 0.29) is 16.7 Å². The molecule has 6 nitrogen and oxygen atoms in total. The molecule has 0 heterocycles. The van der Waals surface area contributed by atoms with Gasteiger partial charge in [-0.25, -0.2) is 4.79 Å². The Balaban J connectivity index is 2.57. The van der Waals surface area contributed by atoms with E-state index >= 15 is 0 Å². The number of hydrogen-bond donors (Lipinski definition) is 2. The Morgan fingerprint density at radius 3 is 2.73 bits per heavy atom. The molecule has 1 atom stereocenters. The molecule has 0 saturated carbocycles. The summed E-state index contributed by atoms with van der Waals surface area (Å²) in [6.45, 7) is 3.78. The van der Waals surface area contributed by atoms with Gasteiger partial charge in [-0.15, -0.1) is 0 Å². The van der Waals surface area contributed by atoms with E-state index in [9.17, 15) is 9.59 Å². The third-order valence-electron chi connectivity index (χ3n) is 2.79. The highest BCUT2D eigenvalue weighted by molar-refractivity contribution is 6.32. The van der Waals surface area contributed by atoms with Crippen LogP contribution in [-0.4, -0.2) is 36.3 Å². The lowest BCUT2D eigenvalue weighted by atomic mass is 10.2. The standard InChI is InChI=1S/C15H20ClNO5/c1-3-4-7-21-10(2)15(20)17-11-5-6-13(12(16)8-11)22-9-14(18)19/h5-6,8,10H,3-4,7,9H2,1-2H3,(H,17,20)(H,18,19). The second-order valence-corrected chi connectivity index (χ2v) is 5.09. The van der Waals surface area contributed by atoms with Gasteiger partial charge in [-0.05, 0) is 31.5 Å². The molecule has 0 saturated heterocycles. The molecule has 1 unspecified atom stereocenters. The number of ether oxygens (including phenoxy) is 2. The first-order valence-electron chi connectivity index (χ1n) is 7.00. The van der Waals surface area contributed by atoms with Gasteiger partial charge in [-0.3, -0.25) is 4.79 Å². The van der Waals surface area contributed by atoms with E-state index in [2.05, 4.69) is 5.32 Å². The van der Waals surface area contributed by atoms with Gasteiger partial charge in [0.25, 0.3) is 5.91 Å². The highest BCUT2D eigenvalue weighted by Gasteiger charge is 2.14. The fourth-order valence-electron chi connectivity index (χ4n) is 1.56. The molecule has 0 aromatic heterocycles. The van der Waals surface area contributed by atoms with Crippen molar-refractivity contribution in [2.24, 2.45) is 0 Å². The molecule has 1 aromatic rings. The highest BCUT2D eigenvalue weighted by Crippen LogP contribution is 2.27. The predicted molar refractivity (Wildman–Crippen MR) is 83.5 cm³/mol. The van der Waals surface area contributed by atoms with Crippen LogP contribution in [0.3, 0.4) is 0 Å². The van der Waals surface area contributed by atoms with Crippen molar-refractivity contribution in [3.05, 3.63) is 23.2 Å². The number of nitrogens with one attached hydrogen (secondary N) is 1. The maximum atomic E-state index is 11.9. The summed E-state index contributed by atoms with van der Waals surface area (Å²) in [7, 11) is 0. The number of hydrogen-bond acceptors (Lipinski definition) is 4. The topological polar surface area (TPSA) is 84.9 Å². The minimum atomic E-state index is -1.09. The number of benzene rings is 1. The largest absolute Gasteiger partial charge is 0.480 e. The van der Waals surface area contributed by atoms with Crippen LogP contribution < -0.4 is 10.1 Å². The van der Waals surface area contributed by atoms with Crippen molar-refractivity contribution in [2.75, 3.05) is 18.5 Å². The Morgan fingerprint density at radius 2 is 2.14 bits per heavy atom. The Labute approximate surface area is 134 Å². The van der Waals surface area contributed by atoms with Crippen molar-refractivity contribution in [2.45, 2.75) is 32.8 Å². The molecule has 0 radical (unpaired) electrons. The maximum absolute atomic E-state index is 11.9. The zero-order chi connectivity index (χ0) is 16.5. The fourth-order valence-corrected chi connectivity index (χ4v) is 1.79.